The molecule has 3 saturated heterocycles. The first-order valence-corrected chi connectivity index (χ1v) is 8.18. The maximum atomic E-state index is 12.8. The van der Waals surface area contributed by atoms with Gasteiger partial charge in [0.25, 0.3) is 0 Å². The summed E-state index contributed by atoms with van der Waals surface area (Å²) in [4.78, 5) is 29.4. The summed E-state index contributed by atoms with van der Waals surface area (Å²) >= 11 is 0. The Morgan fingerprint density at radius 1 is 1.10 bits per heavy atom. The molecule has 3 heterocycles. The van der Waals surface area contributed by atoms with Gasteiger partial charge < -0.3 is 15.1 Å². The fraction of sp³-hybridized carbons (Fsp3) is 0.875. The van der Waals surface area contributed by atoms with Gasteiger partial charge in [-0.1, -0.05) is 6.42 Å². The fourth-order valence-corrected chi connectivity index (χ4v) is 4.39. The number of piperazine rings is 1. The average molecular weight is 293 g/mol. The van der Waals surface area contributed by atoms with Crippen molar-refractivity contribution in [3.05, 3.63) is 0 Å². The fourth-order valence-electron chi connectivity index (χ4n) is 4.39. The Kier molecular flexibility index (Phi) is 3.51. The van der Waals surface area contributed by atoms with E-state index in [0.29, 0.717) is 12.1 Å². The lowest BCUT2D eigenvalue weighted by Gasteiger charge is -2.53. The minimum absolute atomic E-state index is 0.0244. The topological polar surface area (TPSA) is 52.7 Å². The van der Waals surface area contributed by atoms with Crippen LogP contribution in [0.2, 0.25) is 0 Å². The molecule has 3 atom stereocenters. The number of rotatable bonds is 1. The number of nitrogens with zero attached hydrogens (tertiary/aromatic N) is 2. The quantitative estimate of drug-likeness (QED) is 0.788. The molecule has 0 aliphatic carbocycles. The zero-order valence-corrected chi connectivity index (χ0v) is 13.6. The first-order valence-electron chi connectivity index (χ1n) is 8.18. The second-order valence-corrected chi connectivity index (χ2v) is 7.53. The third-order valence-corrected chi connectivity index (χ3v) is 5.71. The van der Waals surface area contributed by atoms with Crippen LogP contribution in [-0.2, 0) is 9.59 Å². The molecule has 5 heteroatoms. The normalized spacial score (nSPS) is 40.1. The van der Waals surface area contributed by atoms with Gasteiger partial charge in [0.1, 0.15) is 11.6 Å². The van der Waals surface area contributed by atoms with Gasteiger partial charge in [0.2, 0.25) is 11.8 Å². The predicted octanol–water partition coefficient (Wildman–Crippen LogP) is 1.13. The van der Waals surface area contributed by atoms with E-state index in [9.17, 15) is 9.59 Å². The summed E-state index contributed by atoms with van der Waals surface area (Å²) in [6, 6.07) is 0.996. The van der Waals surface area contributed by atoms with Crippen LogP contribution in [0.3, 0.4) is 0 Å². The van der Waals surface area contributed by atoms with Crippen molar-refractivity contribution < 1.29 is 9.59 Å². The van der Waals surface area contributed by atoms with Gasteiger partial charge in [0, 0.05) is 18.1 Å². The molecule has 0 aromatic heterocycles. The molecule has 118 valence electrons. The number of carbonyl (C=O) groups is 2. The van der Waals surface area contributed by atoms with Crippen molar-refractivity contribution in [2.75, 3.05) is 7.05 Å². The summed E-state index contributed by atoms with van der Waals surface area (Å²) in [5.41, 5.74) is -0.776. The van der Waals surface area contributed by atoms with Crippen molar-refractivity contribution in [2.45, 2.75) is 82.6 Å². The standard InChI is InChI=1S/C16H27N3O2/c1-10-14(20)17-16(2,3)15(21)19(10)13-8-11-6-5-7-12(9-13)18(11)4/h10-13H,5-9H2,1-4H3,(H,17,20). The van der Waals surface area contributed by atoms with Crippen LogP contribution in [0.15, 0.2) is 0 Å². The first kappa shape index (κ1) is 14.8. The van der Waals surface area contributed by atoms with E-state index in [4.69, 9.17) is 0 Å². The highest BCUT2D eigenvalue weighted by Gasteiger charge is 2.48. The van der Waals surface area contributed by atoms with E-state index in [2.05, 4.69) is 17.3 Å². The van der Waals surface area contributed by atoms with E-state index >= 15 is 0 Å². The molecule has 3 rings (SSSR count). The number of hydrogen-bond acceptors (Lipinski definition) is 3. The van der Waals surface area contributed by atoms with E-state index in [1.165, 1.54) is 19.3 Å². The summed E-state index contributed by atoms with van der Waals surface area (Å²) in [7, 11) is 2.21. The summed E-state index contributed by atoms with van der Waals surface area (Å²) in [5, 5.41) is 2.84. The molecule has 0 aromatic carbocycles. The van der Waals surface area contributed by atoms with Gasteiger partial charge in [-0.2, -0.15) is 0 Å². The van der Waals surface area contributed by atoms with Crippen molar-refractivity contribution >= 4 is 11.8 Å². The summed E-state index contributed by atoms with van der Waals surface area (Å²) < 4.78 is 0. The largest absolute Gasteiger partial charge is 0.340 e. The van der Waals surface area contributed by atoms with Crippen molar-refractivity contribution in [1.82, 2.24) is 15.1 Å². The third-order valence-electron chi connectivity index (χ3n) is 5.71. The van der Waals surface area contributed by atoms with Crippen molar-refractivity contribution in [1.29, 1.82) is 0 Å². The molecule has 3 unspecified atom stereocenters. The molecular formula is C16H27N3O2. The molecule has 0 radical (unpaired) electrons. The predicted molar refractivity (Wildman–Crippen MR) is 80.7 cm³/mol. The van der Waals surface area contributed by atoms with Crippen LogP contribution >= 0.6 is 0 Å². The maximum Gasteiger partial charge on any atom is 0.248 e. The molecule has 21 heavy (non-hydrogen) atoms. The second-order valence-electron chi connectivity index (χ2n) is 7.53. The zero-order chi connectivity index (χ0) is 15.4. The van der Waals surface area contributed by atoms with E-state index in [-0.39, 0.29) is 23.9 Å². The molecule has 2 bridgehead atoms. The number of hydrogen-bond donors (Lipinski definition) is 1. The highest BCUT2D eigenvalue weighted by Crippen LogP contribution is 2.36. The molecule has 0 spiro atoms. The van der Waals surface area contributed by atoms with Crippen LogP contribution in [0.5, 0.6) is 0 Å². The van der Waals surface area contributed by atoms with Gasteiger partial charge in [-0.05, 0) is 53.5 Å². The highest BCUT2D eigenvalue weighted by atomic mass is 16.2. The van der Waals surface area contributed by atoms with Crippen LogP contribution < -0.4 is 5.32 Å². The summed E-state index contributed by atoms with van der Waals surface area (Å²) in [5.74, 6) is 0.0471. The Morgan fingerprint density at radius 3 is 2.24 bits per heavy atom. The molecule has 3 aliphatic rings. The Hall–Kier alpha value is -1.10. The van der Waals surface area contributed by atoms with E-state index in [0.717, 1.165) is 12.8 Å². The molecule has 2 amide bonds. The monoisotopic (exact) mass is 293 g/mol. The lowest BCUT2D eigenvalue weighted by molar-refractivity contribution is -0.158. The molecule has 1 N–H and O–H groups in total. The van der Waals surface area contributed by atoms with Crippen molar-refractivity contribution in [3.63, 3.8) is 0 Å². The van der Waals surface area contributed by atoms with Gasteiger partial charge in [0.05, 0.1) is 0 Å². The lowest BCUT2D eigenvalue weighted by Crippen LogP contribution is -2.71. The summed E-state index contributed by atoms with van der Waals surface area (Å²) in [6.45, 7) is 5.47. The Morgan fingerprint density at radius 2 is 1.67 bits per heavy atom. The average Bonchev–Trinajstić information content (AvgIpc) is 2.37. The van der Waals surface area contributed by atoms with Crippen molar-refractivity contribution in [2.24, 2.45) is 0 Å². The SMILES string of the molecule is CC1C(=O)NC(C)(C)C(=O)N1C1CC2CCCC(C1)N2C. The molecule has 3 aliphatic heterocycles. The van der Waals surface area contributed by atoms with Crippen LogP contribution in [0, 0.1) is 0 Å². The van der Waals surface area contributed by atoms with Gasteiger partial charge in [-0.3, -0.25) is 9.59 Å². The first-order chi connectivity index (χ1) is 9.81. The van der Waals surface area contributed by atoms with Gasteiger partial charge in [-0.15, -0.1) is 0 Å². The van der Waals surface area contributed by atoms with Gasteiger partial charge in [0.15, 0.2) is 0 Å². The van der Waals surface area contributed by atoms with Crippen LogP contribution in [-0.4, -0.2) is 58.4 Å². The second kappa shape index (κ2) is 4.97. The maximum absolute atomic E-state index is 12.8. The number of carbonyl (C=O) groups excluding carboxylic acids is 2. The van der Waals surface area contributed by atoms with Crippen LogP contribution in [0.25, 0.3) is 0 Å². The number of amides is 2. The highest BCUT2D eigenvalue weighted by molar-refractivity contribution is 5.99. The Balaban J connectivity index is 1.85. The minimum atomic E-state index is -0.776. The molecule has 3 fully saturated rings. The minimum Gasteiger partial charge on any atom is -0.340 e. The van der Waals surface area contributed by atoms with E-state index < -0.39 is 5.54 Å². The van der Waals surface area contributed by atoms with E-state index in [1.54, 1.807) is 0 Å². The Labute approximate surface area is 127 Å². The van der Waals surface area contributed by atoms with Gasteiger partial charge >= 0.3 is 0 Å². The van der Waals surface area contributed by atoms with E-state index in [1.807, 2.05) is 25.7 Å². The number of piperidine rings is 2. The molecule has 5 nitrogen and oxygen atoms in total. The molecular weight excluding hydrogens is 266 g/mol. The lowest BCUT2D eigenvalue weighted by atomic mass is 9.80. The third kappa shape index (κ3) is 2.35. The summed E-state index contributed by atoms with van der Waals surface area (Å²) in [6.07, 6.45) is 5.74. The van der Waals surface area contributed by atoms with Crippen LogP contribution in [0.1, 0.15) is 52.9 Å². The van der Waals surface area contributed by atoms with Crippen molar-refractivity contribution in [3.8, 4) is 0 Å². The number of nitrogens with one attached hydrogen (secondary N) is 1. The number of fused-ring (bicyclic) bond motifs is 2. The molecule has 0 saturated carbocycles. The smallest absolute Gasteiger partial charge is 0.248 e. The van der Waals surface area contributed by atoms with Gasteiger partial charge in [-0.25, -0.2) is 0 Å². The molecule has 0 aromatic rings. The zero-order valence-electron chi connectivity index (χ0n) is 13.6. The Bertz CT molecular complexity index is 448. The van der Waals surface area contributed by atoms with Crippen LogP contribution in [0.4, 0.5) is 0 Å².